The molecule has 90 valence electrons. The molecule has 4 nitrogen and oxygen atoms in total. The number of hydrogen-bond donors (Lipinski definition) is 1. The fourth-order valence-electron chi connectivity index (χ4n) is 1.62. The summed E-state index contributed by atoms with van der Waals surface area (Å²) in [6.45, 7) is 2.00. The highest BCUT2D eigenvalue weighted by atomic mass is 16.6. The lowest BCUT2D eigenvalue weighted by Gasteiger charge is -1.97. The van der Waals surface area contributed by atoms with Crippen LogP contribution in [0.5, 0.6) is 0 Å². The fourth-order valence-corrected chi connectivity index (χ4v) is 1.62. The minimum absolute atomic E-state index is 0.00911. The number of carbonyl (C=O) groups is 2. The van der Waals surface area contributed by atoms with Crippen molar-refractivity contribution in [1.82, 2.24) is 0 Å². The maximum absolute atomic E-state index is 11.5. The highest BCUT2D eigenvalue weighted by Crippen LogP contribution is 2.24. The van der Waals surface area contributed by atoms with Crippen LogP contribution < -0.4 is 5.73 Å². The van der Waals surface area contributed by atoms with Gasteiger partial charge in [-0.15, -0.1) is 0 Å². The van der Waals surface area contributed by atoms with Crippen LogP contribution in [0.3, 0.4) is 0 Å². The summed E-state index contributed by atoms with van der Waals surface area (Å²) in [5, 5.41) is 0. The van der Waals surface area contributed by atoms with Gasteiger partial charge >= 0.3 is 0 Å². The molecule has 0 radical (unpaired) electrons. The van der Waals surface area contributed by atoms with E-state index in [1.54, 1.807) is 0 Å². The number of primary amides is 1. The quantitative estimate of drug-likeness (QED) is 0.385. The molecule has 1 aliphatic rings. The largest absolute Gasteiger partial charge is 0.367 e. The van der Waals surface area contributed by atoms with E-state index in [2.05, 4.69) is 6.08 Å². The Morgan fingerprint density at radius 3 is 2.56 bits per heavy atom. The van der Waals surface area contributed by atoms with Crippen molar-refractivity contribution in [2.75, 3.05) is 0 Å². The van der Waals surface area contributed by atoms with Crippen molar-refractivity contribution in [1.29, 1.82) is 0 Å². The molecule has 1 rings (SSSR count). The summed E-state index contributed by atoms with van der Waals surface area (Å²) in [5.74, 6) is -0.527. The van der Waals surface area contributed by atoms with Gasteiger partial charge in [0.15, 0.2) is 18.0 Å². The van der Waals surface area contributed by atoms with Crippen LogP contribution in [0.1, 0.15) is 39.0 Å². The van der Waals surface area contributed by atoms with Crippen LogP contribution in [-0.4, -0.2) is 23.9 Å². The lowest BCUT2D eigenvalue weighted by molar-refractivity contribution is -0.121. The Hall–Kier alpha value is -1.16. The fraction of sp³-hybridized carbons (Fsp3) is 0.667. The Morgan fingerprint density at radius 1 is 1.25 bits per heavy atom. The molecule has 0 aromatic carbocycles. The Morgan fingerprint density at radius 2 is 2.00 bits per heavy atom. The van der Waals surface area contributed by atoms with E-state index < -0.39 is 18.1 Å². The van der Waals surface area contributed by atoms with Gasteiger partial charge in [-0.2, -0.15) is 0 Å². The van der Waals surface area contributed by atoms with E-state index in [1.165, 1.54) is 0 Å². The van der Waals surface area contributed by atoms with Gasteiger partial charge in [-0.1, -0.05) is 18.6 Å². The Kier molecular flexibility index (Phi) is 5.19. The summed E-state index contributed by atoms with van der Waals surface area (Å²) in [6.07, 6.45) is 7.49. The van der Waals surface area contributed by atoms with Gasteiger partial charge in [0.2, 0.25) is 5.91 Å². The number of Topliss-reactive ketones (excluding diaryl/α,β-unsaturated/α-hetero) is 1. The number of hydrogen-bond acceptors (Lipinski definition) is 3. The van der Waals surface area contributed by atoms with E-state index in [-0.39, 0.29) is 5.78 Å². The summed E-state index contributed by atoms with van der Waals surface area (Å²) < 4.78 is 4.90. The molecule has 4 heteroatoms. The highest BCUT2D eigenvalue weighted by Gasteiger charge is 2.48. The molecule has 0 aromatic heterocycles. The topological polar surface area (TPSA) is 72.7 Å². The zero-order valence-electron chi connectivity index (χ0n) is 9.65. The molecule has 0 bridgehead atoms. The minimum Gasteiger partial charge on any atom is -0.367 e. The number of rotatable bonds is 8. The Balaban J connectivity index is 2.02. The van der Waals surface area contributed by atoms with Gasteiger partial charge in [0.1, 0.15) is 0 Å². The van der Waals surface area contributed by atoms with E-state index in [0.29, 0.717) is 6.42 Å². The first-order valence-corrected chi connectivity index (χ1v) is 5.75. The van der Waals surface area contributed by atoms with Gasteiger partial charge in [0.25, 0.3) is 0 Å². The summed E-state index contributed by atoms with van der Waals surface area (Å²) in [4.78, 5) is 22.1. The van der Waals surface area contributed by atoms with Gasteiger partial charge in [-0.25, -0.2) is 0 Å². The molecule has 0 saturated carbocycles. The third kappa shape index (κ3) is 4.14. The second-order valence-electron chi connectivity index (χ2n) is 4.01. The monoisotopic (exact) mass is 225 g/mol. The van der Waals surface area contributed by atoms with Crippen LogP contribution in [0.25, 0.3) is 0 Å². The first kappa shape index (κ1) is 12.9. The van der Waals surface area contributed by atoms with Gasteiger partial charge in [-0.3, -0.25) is 9.59 Å². The van der Waals surface area contributed by atoms with Crippen molar-refractivity contribution in [3.05, 3.63) is 12.2 Å². The molecule has 0 aliphatic carbocycles. The lowest BCUT2D eigenvalue weighted by Crippen LogP contribution is -2.22. The number of epoxide rings is 1. The molecule has 2 atom stereocenters. The molecule has 1 fully saturated rings. The minimum atomic E-state index is -0.657. The predicted octanol–water partition coefficient (Wildman–Crippen LogP) is 1.33. The summed E-state index contributed by atoms with van der Waals surface area (Å²) in [5.41, 5.74) is 5.01. The normalized spacial score (nSPS) is 23.6. The van der Waals surface area contributed by atoms with Crippen molar-refractivity contribution >= 4 is 11.7 Å². The highest BCUT2D eigenvalue weighted by molar-refractivity contribution is 5.95. The Bertz CT molecular complexity index is 286. The second-order valence-corrected chi connectivity index (χ2v) is 4.01. The van der Waals surface area contributed by atoms with Crippen molar-refractivity contribution in [2.24, 2.45) is 5.73 Å². The molecule has 0 spiro atoms. The number of ether oxygens (including phenoxy) is 1. The van der Waals surface area contributed by atoms with Crippen LogP contribution in [-0.2, 0) is 14.3 Å². The van der Waals surface area contributed by atoms with Gasteiger partial charge in [0.05, 0.1) is 0 Å². The van der Waals surface area contributed by atoms with E-state index in [9.17, 15) is 9.59 Å². The number of carbonyl (C=O) groups excluding carboxylic acids is 2. The number of allylic oxidation sites excluding steroid dienone is 2. The molecule has 0 aromatic rings. The van der Waals surface area contributed by atoms with Crippen molar-refractivity contribution < 1.29 is 14.3 Å². The Labute approximate surface area is 95.8 Å². The average Bonchev–Trinajstić information content (AvgIpc) is 3.02. The molecule has 1 heterocycles. The zero-order valence-corrected chi connectivity index (χ0v) is 9.65. The number of unbranched alkanes of at least 4 members (excludes halogenated alkanes) is 3. The van der Waals surface area contributed by atoms with Gasteiger partial charge < -0.3 is 10.5 Å². The van der Waals surface area contributed by atoms with Crippen LogP contribution in [0.15, 0.2) is 12.2 Å². The maximum Gasteiger partial charge on any atom is 0.249 e. The smallest absolute Gasteiger partial charge is 0.249 e. The van der Waals surface area contributed by atoms with E-state index in [1.807, 2.05) is 13.0 Å². The molecule has 16 heavy (non-hydrogen) atoms. The number of ketones is 1. The zero-order chi connectivity index (χ0) is 12.0. The number of nitrogens with two attached hydrogens (primary N) is 1. The summed E-state index contributed by atoms with van der Waals surface area (Å²) in [7, 11) is 0. The van der Waals surface area contributed by atoms with Gasteiger partial charge in [-0.05, 0) is 26.2 Å². The molecule has 1 amide bonds. The van der Waals surface area contributed by atoms with Crippen LogP contribution in [0, 0.1) is 0 Å². The van der Waals surface area contributed by atoms with Crippen LogP contribution in [0.2, 0.25) is 0 Å². The van der Waals surface area contributed by atoms with E-state index in [4.69, 9.17) is 10.5 Å². The van der Waals surface area contributed by atoms with Crippen molar-refractivity contribution in [2.45, 2.75) is 51.2 Å². The first-order valence-electron chi connectivity index (χ1n) is 5.75. The van der Waals surface area contributed by atoms with Crippen molar-refractivity contribution in [3.8, 4) is 0 Å². The van der Waals surface area contributed by atoms with Crippen LogP contribution >= 0.6 is 0 Å². The maximum atomic E-state index is 11.5. The molecular weight excluding hydrogens is 206 g/mol. The number of amides is 1. The SMILES string of the molecule is C/C=C/CCCCCC(=O)[C@H]1O[C@H]1C(N)=O. The summed E-state index contributed by atoms with van der Waals surface area (Å²) in [6, 6.07) is 0. The molecule has 0 unspecified atom stereocenters. The first-order chi connectivity index (χ1) is 7.66. The third-order valence-electron chi connectivity index (χ3n) is 2.62. The molecule has 2 N–H and O–H groups in total. The van der Waals surface area contributed by atoms with E-state index in [0.717, 1.165) is 25.7 Å². The van der Waals surface area contributed by atoms with E-state index >= 15 is 0 Å². The van der Waals surface area contributed by atoms with Gasteiger partial charge in [0, 0.05) is 6.42 Å². The standard InChI is InChI=1S/C12H19NO3/c1-2-3-4-5-6-7-8-9(14)10-11(16-10)12(13)15/h2-3,10-11H,4-8H2,1H3,(H2,13,15)/b3-2+/t10-,11-/m1/s1. The second kappa shape index (κ2) is 6.43. The predicted molar refractivity (Wildman–Crippen MR) is 60.8 cm³/mol. The molecule has 1 aliphatic heterocycles. The average molecular weight is 225 g/mol. The molecular formula is C12H19NO3. The lowest BCUT2D eigenvalue weighted by atomic mass is 10.1. The molecule has 1 saturated heterocycles. The van der Waals surface area contributed by atoms with Crippen LogP contribution in [0.4, 0.5) is 0 Å². The summed E-state index contributed by atoms with van der Waals surface area (Å²) >= 11 is 0. The third-order valence-corrected chi connectivity index (χ3v) is 2.62. The van der Waals surface area contributed by atoms with Crippen molar-refractivity contribution in [3.63, 3.8) is 0 Å².